The van der Waals surface area contributed by atoms with Crippen LogP contribution in [0.4, 0.5) is 0 Å². The standard InChI is InChI=1S/C9H15N3.ClH/c10-5-1-4-9(11)8-3-2-6-12-7-8;/h2-3,6-7,9H,1,4-5,10-11H2;1H/t9-;/m0./s1. The van der Waals surface area contributed by atoms with Crippen LogP contribution in [0, 0.1) is 0 Å². The van der Waals surface area contributed by atoms with Crippen LogP contribution in [0.2, 0.25) is 0 Å². The fraction of sp³-hybridized carbons (Fsp3) is 0.444. The lowest BCUT2D eigenvalue weighted by molar-refractivity contribution is 0.616. The van der Waals surface area contributed by atoms with Gasteiger partial charge in [-0.1, -0.05) is 6.07 Å². The molecule has 0 bridgehead atoms. The molecule has 13 heavy (non-hydrogen) atoms. The molecule has 0 amide bonds. The van der Waals surface area contributed by atoms with Gasteiger partial charge in [0.05, 0.1) is 0 Å². The zero-order chi connectivity index (χ0) is 8.81. The van der Waals surface area contributed by atoms with Crippen molar-refractivity contribution in [3.63, 3.8) is 0 Å². The fourth-order valence-electron chi connectivity index (χ4n) is 1.10. The van der Waals surface area contributed by atoms with Gasteiger partial charge in [0.15, 0.2) is 0 Å². The maximum atomic E-state index is 5.89. The fourth-order valence-corrected chi connectivity index (χ4v) is 1.10. The van der Waals surface area contributed by atoms with Crippen LogP contribution in [0.25, 0.3) is 0 Å². The first-order valence-corrected chi connectivity index (χ1v) is 4.20. The maximum absolute atomic E-state index is 5.89. The van der Waals surface area contributed by atoms with Crippen LogP contribution in [-0.4, -0.2) is 11.5 Å². The number of hydrogen-bond donors (Lipinski definition) is 2. The Labute approximate surface area is 84.9 Å². The number of aromatic nitrogens is 1. The van der Waals surface area contributed by atoms with Crippen molar-refractivity contribution in [2.24, 2.45) is 11.5 Å². The smallest absolute Gasteiger partial charge is 0.0315 e. The third-order valence-corrected chi connectivity index (χ3v) is 1.83. The van der Waals surface area contributed by atoms with E-state index in [2.05, 4.69) is 4.98 Å². The first-order chi connectivity index (χ1) is 5.84. The van der Waals surface area contributed by atoms with Gasteiger partial charge in [-0.25, -0.2) is 0 Å². The molecule has 0 spiro atoms. The van der Waals surface area contributed by atoms with Gasteiger partial charge in [-0.15, -0.1) is 12.4 Å². The molecular formula is C9H16ClN3. The summed E-state index contributed by atoms with van der Waals surface area (Å²) in [5, 5.41) is 0. The van der Waals surface area contributed by atoms with Crippen LogP contribution in [-0.2, 0) is 0 Å². The van der Waals surface area contributed by atoms with E-state index in [0.717, 1.165) is 18.4 Å². The van der Waals surface area contributed by atoms with Crippen LogP contribution in [0.3, 0.4) is 0 Å². The van der Waals surface area contributed by atoms with Gasteiger partial charge in [0, 0.05) is 18.4 Å². The van der Waals surface area contributed by atoms with Crippen LogP contribution in [0.5, 0.6) is 0 Å². The van der Waals surface area contributed by atoms with Gasteiger partial charge >= 0.3 is 0 Å². The lowest BCUT2D eigenvalue weighted by Crippen LogP contribution is -2.12. The van der Waals surface area contributed by atoms with E-state index < -0.39 is 0 Å². The first-order valence-electron chi connectivity index (χ1n) is 4.20. The largest absolute Gasteiger partial charge is 0.330 e. The molecule has 1 heterocycles. The number of nitrogens with zero attached hydrogens (tertiary/aromatic N) is 1. The summed E-state index contributed by atoms with van der Waals surface area (Å²) in [6.45, 7) is 0.702. The second-order valence-electron chi connectivity index (χ2n) is 2.82. The molecular weight excluding hydrogens is 186 g/mol. The van der Waals surface area contributed by atoms with Crippen LogP contribution in [0.15, 0.2) is 24.5 Å². The molecule has 4 heteroatoms. The summed E-state index contributed by atoms with van der Waals surface area (Å²) in [6, 6.07) is 3.98. The minimum absolute atomic E-state index is 0. The van der Waals surface area contributed by atoms with Gasteiger partial charge in [0.25, 0.3) is 0 Å². The Balaban J connectivity index is 0.00000144. The molecule has 0 fully saturated rings. The summed E-state index contributed by atoms with van der Waals surface area (Å²) >= 11 is 0. The molecule has 4 N–H and O–H groups in total. The number of rotatable bonds is 4. The SMILES string of the molecule is Cl.NCCC[C@H](N)c1cccnc1. The summed E-state index contributed by atoms with van der Waals surface area (Å²) in [5.74, 6) is 0. The molecule has 74 valence electrons. The van der Waals surface area contributed by atoms with Crippen LogP contribution >= 0.6 is 12.4 Å². The Morgan fingerprint density at radius 3 is 2.77 bits per heavy atom. The highest BCUT2D eigenvalue weighted by Gasteiger charge is 2.03. The summed E-state index contributed by atoms with van der Waals surface area (Å²) in [6.07, 6.45) is 5.46. The van der Waals surface area contributed by atoms with Crippen molar-refractivity contribution >= 4 is 12.4 Å². The minimum Gasteiger partial charge on any atom is -0.330 e. The zero-order valence-corrected chi connectivity index (χ0v) is 8.33. The van der Waals surface area contributed by atoms with Gasteiger partial charge < -0.3 is 11.5 Å². The Morgan fingerprint density at radius 2 is 2.23 bits per heavy atom. The second-order valence-corrected chi connectivity index (χ2v) is 2.82. The van der Waals surface area contributed by atoms with E-state index in [1.165, 1.54) is 0 Å². The molecule has 1 rings (SSSR count). The Bertz CT molecular complexity index is 215. The molecule has 0 aromatic carbocycles. The number of halogens is 1. The molecule has 0 unspecified atom stereocenters. The average Bonchev–Trinajstić information content (AvgIpc) is 2.15. The van der Waals surface area contributed by atoms with E-state index in [9.17, 15) is 0 Å². The van der Waals surface area contributed by atoms with Crippen molar-refractivity contribution in [3.05, 3.63) is 30.1 Å². The highest BCUT2D eigenvalue weighted by atomic mass is 35.5. The van der Waals surface area contributed by atoms with Gasteiger partial charge in [-0.05, 0) is 31.0 Å². The van der Waals surface area contributed by atoms with Crippen molar-refractivity contribution < 1.29 is 0 Å². The third-order valence-electron chi connectivity index (χ3n) is 1.83. The number of nitrogens with two attached hydrogens (primary N) is 2. The maximum Gasteiger partial charge on any atom is 0.0315 e. The van der Waals surface area contributed by atoms with Crippen molar-refractivity contribution in [1.29, 1.82) is 0 Å². The summed E-state index contributed by atoms with van der Waals surface area (Å²) in [7, 11) is 0. The van der Waals surface area contributed by atoms with Crippen molar-refractivity contribution in [1.82, 2.24) is 4.98 Å². The lowest BCUT2D eigenvalue weighted by Gasteiger charge is -2.09. The molecule has 0 aliphatic heterocycles. The minimum atomic E-state index is 0. The first kappa shape index (κ1) is 12.4. The average molecular weight is 202 g/mol. The van der Waals surface area contributed by atoms with E-state index in [1.54, 1.807) is 12.4 Å². The molecule has 0 aliphatic carbocycles. The topological polar surface area (TPSA) is 64.9 Å². The third kappa shape index (κ3) is 4.22. The van der Waals surface area contributed by atoms with Gasteiger partial charge in [0.2, 0.25) is 0 Å². The molecule has 0 saturated carbocycles. The van der Waals surface area contributed by atoms with Gasteiger partial charge in [0.1, 0.15) is 0 Å². The number of hydrogen-bond acceptors (Lipinski definition) is 3. The summed E-state index contributed by atoms with van der Waals surface area (Å²) in [4.78, 5) is 4.00. The molecule has 1 atom stereocenters. The van der Waals surface area contributed by atoms with E-state index in [4.69, 9.17) is 11.5 Å². The predicted molar refractivity (Wildman–Crippen MR) is 56.7 cm³/mol. The zero-order valence-electron chi connectivity index (χ0n) is 7.52. The van der Waals surface area contributed by atoms with Crippen molar-refractivity contribution in [2.45, 2.75) is 18.9 Å². The van der Waals surface area contributed by atoms with E-state index in [0.29, 0.717) is 6.54 Å². The highest BCUT2D eigenvalue weighted by molar-refractivity contribution is 5.85. The number of pyridine rings is 1. The lowest BCUT2D eigenvalue weighted by atomic mass is 10.1. The Morgan fingerprint density at radius 1 is 1.46 bits per heavy atom. The van der Waals surface area contributed by atoms with Crippen molar-refractivity contribution in [2.75, 3.05) is 6.54 Å². The molecule has 1 aromatic rings. The van der Waals surface area contributed by atoms with Crippen molar-refractivity contribution in [3.8, 4) is 0 Å². The molecule has 0 saturated heterocycles. The highest BCUT2D eigenvalue weighted by Crippen LogP contribution is 2.12. The normalized spacial score (nSPS) is 11.8. The second kappa shape index (κ2) is 6.83. The molecule has 1 aromatic heterocycles. The quantitative estimate of drug-likeness (QED) is 0.771. The molecule has 3 nitrogen and oxygen atoms in total. The van der Waals surface area contributed by atoms with Crippen LogP contribution < -0.4 is 11.5 Å². The van der Waals surface area contributed by atoms with Gasteiger partial charge in [-0.2, -0.15) is 0 Å². The molecule has 0 radical (unpaired) electrons. The monoisotopic (exact) mass is 201 g/mol. The molecule has 0 aliphatic rings. The Hall–Kier alpha value is -0.640. The van der Waals surface area contributed by atoms with E-state index >= 15 is 0 Å². The predicted octanol–water partition coefficient (Wildman–Crippen LogP) is 1.24. The van der Waals surface area contributed by atoms with Gasteiger partial charge in [-0.3, -0.25) is 4.98 Å². The van der Waals surface area contributed by atoms with E-state index in [-0.39, 0.29) is 18.4 Å². The Kier molecular flexibility index (Phi) is 6.49. The van der Waals surface area contributed by atoms with Crippen LogP contribution in [0.1, 0.15) is 24.4 Å². The summed E-state index contributed by atoms with van der Waals surface area (Å²) < 4.78 is 0. The van der Waals surface area contributed by atoms with E-state index in [1.807, 2.05) is 12.1 Å². The summed E-state index contributed by atoms with van der Waals surface area (Å²) in [5.41, 5.74) is 12.4.